The van der Waals surface area contributed by atoms with Gasteiger partial charge in [-0.05, 0) is 0 Å². The largest absolute Gasteiger partial charge is 0.743 e. The summed E-state index contributed by atoms with van der Waals surface area (Å²) < 4.78 is 0. The van der Waals surface area contributed by atoms with Crippen LogP contribution in [0.2, 0.25) is 0 Å². The van der Waals surface area contributed by atoms with Gasteiger partial charge in [0.15, 0.2) is 0 Å². The summed E-state index contributed by atoms with van der Waals surface area (Å²) in [5, 5.41) is 0. The van der Waals surface area contributed by atoms with E-state index in [1.165, 1.54) is 49.7 Å². The molecule has 0 heterocycles. The summed E-state index contributed by atoms with van der Waals surface area (Å²) in [5.74, 6) is 0. The standard InChI is InChI=1S/2C11H17.Fe/c2*1-4-9-7-10(5-2)11(6-3)8-9;/h2*7-8H,4-6H2,1-3H3;/q-5;-1;. The van der Waals surface area contributed by atoms with Gasteiger partial charge < -0.3 is 28.8 Å². The number of aryl methyl sites for hydroxylation is 6. The molecule has 0 aliphatic rings. The second kappa shape index (κ2) is 11.7. The molecule has 0 saturated heterocycles. The summed E-state index contributed by atoms with van der Waals surface area (Å²) in [5.41, 5.74) is 9.18. The number of rotatable bonds is 6. The van der Waals surface area contributed by atoms with Crippen LogP contribution in [0.25, 0.3) is 0 Å². The molecule has 0 N–H and O–H groups in total. The first-order valence-electron chi connectivity index (χ1n) is 9.17. The third-order valence-electron chi connectivity index (χ3n) is 4.60. The van der Waals surface area contributed by atoms with Crippen molar-refractivity contribution in [2.75, 3.05) is 0 Å². The Labute approximate surface area is 154 Å². The maximum absolute atomic E-state index is 2.35. The molecular weight excluding hydrogens is 320 g/mol. The van der Waals surface area contributed by atoms with Gasteiger partial charge in [-0.15, -0.1) is 0 Å². The van der Waals surface area contributed by atoms with Crippen molar-refractivity contribution in [2.24, 2.45) is 0 Å². The van der Waals surface area contributed by atoms with Gasteiger partial charge in [0.25, 0.3) is 0 Å². The molecule has 136 valence electrons. The Morgan fingerprint density at radius 1 is 0.696 bits per heavy atom. The van der Waals surface area contributed by atoms with Crippen molar-refractivity contribution in [3.63, 3.8) is 0 Å². The first kappa shape index (κ1) is 22.2. The van der Waals surface area contributed by atoms with E-state index in [2.05, 4.69) is 65.8 Å². The molecule has 1 heteroatoms. The second-order valence-corrected chi connectivity index (χ2v) is 5.95. The van der Waals surface area contributed by atoms with E-state index in [4.69, 9.17) is 0 Å². The Hall–Kier alpha value is -0.781. The fourth-order valence-corrected chi connectivity index (χ4v) is 3.07. The Morgan fingerprint density at radius 3 is 1.39 bits per heavy atom. The predicted molar refractivity (Wildman–Crippen MR) is 100 cm³/mol. The third kappa shape index (κ3) is 6.32. The van der Waals surface area contributed by atoms with Gasteiger partial charge in [-0.2, -0.15) is 28.8 Å². The molecule has 0 spiro atoms. The van der Waals surface area contributed by atoms with Gasteiger partial charge in [0, 0.05) is 17.1 Å². The van der Waals surface area contributed by atoms with Crippen LogP contribution >= 0.6 is 0 Å². The van der Waals surface area contributed by atoms with Crippen LogP contribution in [0.5, 0.6) is 0 Å². The quantitative estimate of drug-likeness (QED) is 0.429. The van der Waals surface area contributed by atoms with Crippen molar-refractivity contribution in [2.45, 2.75) is 80.1 Å². The average molecular weight is 354 g/mol. The van der Waals surface area contributed by atoms with Gasteiger partial charge in [0.05, 0.1) is 0 Å². The minimum absolute atomic E-state index is 0. The van der Waals surface area contributed by atoms with E-state index in [0.717, 1.165) is 0 Å². The molecule has 0 amide bonds. The van der Waals surface area contributed by atoms with Crippen molar-refractivity contribution in [3.8, 4) is 0 Å². The molecule has 2 aromatic rings. The van der Waals surface area contributed by atoms with E-state index in [1.54, 1.807) is 22.3 Å². The molecular formula is C22H34Fe-6. The molecule has 0 bridgehead atoms. The van der Waals surface area contributed by atoms with Gasteiger partial charge in [0.2, 0.25) is 0 Å². The molecule has 23 heavy (non-hydrogen) atoms. The molecule has 2 rings (SSSR count). The van der Waals surface area contributed by atoms with Gasteiger partial charge in [-0.1, -0.05) is 60.8 Å². The summed E-state index contributed by atoms with van der Waals surface area (Å²) in [6.45, 7) is 13.4. The van der Waals surface area contributed by atoms with Crippen LogP contribution in [-0.4, -0.2) is 0 Å². The summed E-state index contributed by atoms with van der Waals surface area (Å²) >= 11 is 0. The van der Waals surface area contributed by atoms with E-state index < -0.39 is 0 Å². The molecule has 2 aromatic carbocycles. The molecule has 0 nitrogen and oxygen atoms in total. The Morgan fingerprint density at radius 2 is 1.13 bits per heavy atom. The zero-order valence-corrected chi connectivity index (χ0v) is 17.0. The van der Waals surface area contributed by atoms with Crippen molar-refractivity contribution in [1.82, 2.24) is 0 Å². The fourth-order valence-electron chi connectivity index (χ4n) is 3.07. The molecule has 0 aliphatic carbocycles. The van der Waals surface area contributed by atoms with E-state index >= 15 is 0 Å². The van der Waals surface area contributed by atoms with Crippen molar-refractivity contribution >= 4 is 0 Å². The van der Waals surface area contributed by atoms with Gasteiger partial charge >= 0.3 is 0 Å². The van der Waals surface area contributed by atoms with Crippen LogP contribution in [0.4, 0.5) is 0 Å². The third-order valence-corrected chi connectivity index (χ3v) is 4.60. The average Bonchev–Trinajstić information content (AvgIpc) is 3.17. The van der Waals surface area contributed by atoms with E-state index in [9.17, 15) is 0 Å². The van der Waals surface area contributed by atoms with E-state index in [1.807, 2.05) is 0 Å². The SMILES string of the molecule is CC[c-]1[cH-][c-](CC)[c-](CC)[cH-]1.CCc1c[c-](CC)cc1CC.[Fe]. The van der Waals surface area contributed by atoms with Crippen LogP contribution in [-0.2, 0) is 55.6 Å². The zero-order valence-electron chi connectivity index (χ0n) is 15.9. The second-order valence-electron chi connectivity index (χ2n) is 5.95. The predicted octanol–water partition coefficient (Wildman–Crippen LogP) is 6.18. The summed E-state index contributed by atoms with van der Waals surface area (Å²) in [6.07, 6.45) is 7.08. The maximum Gasteiger partial charge on any atom is 0 e. The smallest absolute Gasteiger partial charge is 0 e. The van der Waals surface area contributed by atoms with Crippen LogP contribution in [0, 0.1) is 0 Å². The molecule has 0 atom stereocenters. The van der Waals surface area contributed by atoms with Crippen LogP contribution < -0.4 is 0 Å². The van der Waals surface area contributed by atoms with Crippen molar-refractivity contribution in [1.29, 1.82) is 0 Å². The minimum atomic E-state index is 0. The zero-order chi connectivity index (χ0) is 16.5. The van der Waals surface area contributed by atoms with Crippen LogP contribution in [0.1, 0.15) is 74.9 Å². The Balaban J connectivity index is 0.000000403. The van der Waals surface area contributed by atoms with E-state index in [-0.39, 0.29) is 17.1 Å². The van der Waals surface area contributed by atoms with Crippen molar-refractivity contribution in [3.05, 3.63) is 57.6 Å². The maximum atomic E-state index is 2.35. The van der Waals surface area contributed by atoms with E-state index in [0.29, 0.717) is 0 Å². The minimum Gasteiger partial charge on any atom is -0.743 e. The van der Waals surface area contributed by atoms with Gasteiger partial charge in [-0.25, -0.2) is 19.3 Å². The van der Waals surface area contributed by atoms with Crippen LogP contribution in [0.15, 0.2) is 24.3 Å². The summed E-state index contributed by atoms with van der Waals surface area (Å²) in [7, 11) is 0. The molecule has 0 aliphatic heterocycles. The fraction of sp³-hybridized carbons (Fsp3) is 0.545. The first-order valence-corrected chi connectivity index (χ1v) is 9.17. The summed E-state index contributed by atoms with van der Waals surface area (Å²) in [6, 6.07) is 9.38. The van der Waals surface area contributed by atoms with Gasteiger partial charge in [-0.3, -0.25) is 0 Å². The topological polar surface area (TPSA) is 0 Å². The first-order chi connectivity index (χ1) is 10.6. The molecule has 0 saturated carbocycles. The van der Waals surface area contributed by atoms with Gasteiger partial charge in [0.1, 0.15) is 0 Å². The molecule has 0 radical (unpaired) electrons. The van der Waals surface area contributed by atoms with Crippen LogP contribution in [0.3, 0.4) is 0 Å². The molecule has 0 aromatic heterocycles. The monoisotopic (exact) mass is 354 g/mol. The molecule has 0 unspecified atom stereocenters. The number of hydrogen-bond acceptors (Lipinski definition) is 0. The summed E-state index contributed by atoms with van der Waals surface area (Å²) in [4.78, 5) is 0. The molecule has 0 fully saturated rings. The normalized spacial score (nSPS) is 10.0. The number of hydrogen-bond donors (Lipinski definition) is 0. The Bertz CT molecular complexity index is 449. The Kier molecular flexibility index (Phi) is 11.3. The van der Waals surface area contributed by atoms with Crippen molar-refractivity contribution < 1.29 is 17.1 Å².